The third kappa shape index (κ3) is 4.43. The quantitative estimate of drug-likeness (QED) is 0.764. The average molecular weight is 237 g/mol. The molecule has 0 aliphatic carbocycles. The molecule has 1 amide bonds. The lowest BCUT2D eigenvalue weighted by molar-refractivity contribution is -0.121. The zero-order valence-corrected chi connectivity index (χ0v) is 10.3. The van der Waals surface area contributed by atoms with E-state index in [4.69, 9.17) is 6.42 Å². The van der Waals surface area contributed by atoms with Gasteiger partial charge in [-0.15, -0.1) is 17.8 Å². The Morgan fingerprint density at radius 1 is 1.75 bits per heavy atom. The van der Waals surface area contributed by atoms with Gasteiger partial charge in [-0.05, 0) is 14.0 Å². The minimum absolute atomic E-state index is 0.0540. The van der Waals surface area contributed by atoms with Crippen LogP contribution >= 0.6 is 11.3 Å². The van der Waals surface area contributed by atoms with Crippen molar-refractivity contribution >= 4 is 17.2 Å². The van der Waals surface area contributed by atoms with Crippen LogP contribution < -0.4 is 5.32 Å². The highest BCUT2D eigenvalue weighted by Crippen LogP contribution is 2.12. The highest BCUT2D eigenvalue weighted by Gasteiger charge is 2.07. The summed E-state index contributed by atoms with van der Waals surface area (Å²) in [4.78, 5) is 18.6. The van der Waals surface area contributed by atoms with Crippen molar-refractivity contribution in [3.8, 4) is 12.3 Å². The van der Waals surface area contributed by atoms with E-state index in [-0.39, 0.29) is 12.5 Å². The number of nitrogens with one attached hydrogen (secondary N) is 1. The summed E-state index contributed by atoms with van der Waals surface area (Å²) in [6.45, 7) is 3.33. The largest absolute Gasteiger partial charge is 0.344 e. The number of amides is 1. The van der Waals surface area contributed by atoms with Crippen LogP contribution in [0.1, 0.15) is 9.88 Å². The number of hydrogen-bond acceptors (Lipinski definition) is 4. The summed E-state index contributed by atoms with van der Waals surface area (Å²) < 4.78 is 0. The fraction of sp³-hybridized carbons (Fsp3) is 0.455. The van der Waals surface area contributed by atoms with Crippen LogP contribution in [0.5, 0.6) is 0 Å². The Kier molecular flexibility index (Phi) is 4.96. The number of aryl methyl sites for hydroxylation is 1. The highest BCUT2D eigenvalue weighted by atomic mass is 32.1. The molecule has 0 aliphatic heterocycles. The summed E-state index contributed by atoms with van der Waals surface area (Å²) in [6.07, 6.45) is 6.89. The van der Waals surface area contributed by atoms with E-state index in [1.807, 2.05) is 25.1 Å². The Bertz CT molecular complexity index is 394. The van der Waals surface area contributed by atoms with Gasteiger partial charge in [-0.25, -0.2) is 4.98 Å². The van der Waals surface area contributed by atoms with Crippen LogP contribution in [0.25, 0.3) is 0 Å². The number of aromatic nitrogens is 1. The van der Waals surface area contributed by atoms with E-state index in [9.17, 15) is 4.79 Å². The molecule has 1 aromatic heterocycles. The number of carbonyl (C=O) groups is 1. The molecule has 1 N–H and O–H groups in total. The number of carbonyl (C=O) groups excluding carboxylic acids is 1. The number of likely N-dealkylation sites (N-methyl/N-ethyl adjacent to an activating group) is 1. The van der Waals surface area contributed by atoms with Crippen LogP contribution in [0.2, 0.25) is 0 Å². The predicted molar refractivity (Wildman–Crippen MR) is 65.0 cm³/mol. The standard InChI is InChI=1S/C11H15N3OS/c1-4-5-12-11(15)8-14(3)7-10-6-13-9(2)16-10/h1,6H,5,7-8H2,2-3H3,(H,12,15). The van der Waals surface area contributed by atoms with Crippen LogP contribution in [0.4, 0.5) is 0 Å². The van der Waals surface area contributed by atoms with Crippen LogP contribution in [0.3, 0.4) is 0 Å². The van der Waals surface area contributed by atoms with Gasteiger partial charge in [-0.2, -0.15) is 0 Å². The molecule has 0 unspecified atom stereocenters. The molecule has 0 aromatic carbocycles. The topological polar surface area (TPSA) is 45.2 Å². The van der Waals surface area contributed by atoms with Gasteiger partial charge < -0.3 is 5.32 Å². The maximum Gasteiger partial charge on any atom is 0.234 e. The van der Waals surface area contributed by atoms with Crippen molar-refractivity contribution in [1.82, 2.24) is 15.2 Å². The van der Waals surface area contributed by atoms with E-state index < -0.39 is 0 Å². The average Bonchev–Trinajstić information content (AvgIpc) is 2.60. The summed E-state index contributed by atoms with van der Waals surface area (Å²) in [5.74, 6) is 2.31. The van der Waals surface area contributed by atoms with E-state index >= 15 is 0 Å². The van der Waals surface area contributed by atoms with Gasteiger partial charge in [-0.3, -0.25) is 9.69 Å². The van der Waals surface area contributed by atoms with Gasteiger partial charge in [0.1, 0.15) is 0 Å². The van der Waals surface area contributed by atoms with Gasteiger partial charge in [-0.1, -0.05) is 5.92 Å². The van der Waals surface area contributed by atoms with Gasteiger partial charge in [0.25, 0.3) is 0 Å². The first kappa shape index (κ1) is 12.7. The van der Waals surface area contributed by atoms with E-state index in [0.717, 1.165) is 16.4 Å². The van der Waals surface area contributed by atoms with Gasteiger partial charge >= 0.3 is 0 Å². The fourth-order valence-electron chi connectivity index (χ4n) is 1.25. The minimum atomic E-state index is -0.0540. The number of terminal acetylenes is 1. The van der Waals surface area contributed by atoms with Crippen molar-refractivity contribution in [1.29, 1.82) is 0 Å². The minimum Gasteiger partial charge on any atom is -0.344 e. The first-order chi connectivity index (χ1) is 7.61. The second kappa shape index (κ2) is 6.26. The second-order valence-corrected chi connectivity index (χ2v) is 4.82. The van der Waals surface area contributed by atoms with Crippen LogP contribution in [-0.4, -0.2) is 35.9 Å². The summed E-state index contributed by atoms with van der Waals surface area (Å²) in [6, 6.07) is 0. The first-order valence-electron chi connectivity index (χ1n) is 4.92. The summed E-state index contributed by atoms with van der Waals surface area (Å²) in [7, 11) is 1.89. The first-order valence-corrected chi connectivity index (χ1v) is 5.73. The van der Waals surface area contributed by atoms with Gasteiger partial charge in [0.2, 0.25) is 5.91 Å². The summed E-state index contributed by atoms with van der Waals surface area (Å²) in [5, 5.41) is 3.67. The molecule has 0 saturated carbocycles. The molecule has 0 radical (unpaired) electrons. The molecular weight excluding hydrogens is 222 g/mol. The van der Waals surface area contributed by atoms with Crippen molar-refractivity contribution in [3.63, 3.8) is 0 Å². The molecule has 1 rings (SSSR count). The zero-order valence-electron chi connectivity index (χ0n) is 9.49. The molecule has 4 nitrogen and oxygen atoms in total. The van der Waals surface area contributed by atoms with Crippen LogP contribution in [-0.2, 0) is 11.3 Å². The summed E-state index contributed by atoms with van der Waals surface area (Å²) >= 11 is 1.64. The second-order valence-electron chi connectivity index (χ2n) is 3.50. The smallest absolute Gasteiger partial charge is 0.234 e. The molecule has 86 valence electrons. The number of hydrogen-bond donors (Lipinski definition) is 1. The SMILES string of the molecule is C#CCNC(=O)CN(C)Cc1cnc(C)s1. The molecule has 16 heavy (non-hydrogen) atoms. The predicted octanol–water partition coefficient (Wildman–Crippen LogP) is 0.633. The highest BCUT2D eigenvalue weighted by molar-refractivity contribution is 7.11. The Hall–Kier alpha value is -1.38. The third-order valence-corrected chi connectivity index (χ3v) is 2.79. The molecule has 1 aromatic rings. The monoisotopic (exact) mass is 237 g/mol. The molecule has 0 saturated heterocycles. The van der Waals surface area contributed by atoms with Crippen molar-refractivity contribution < 1.29 is 4.79 Å². The van der Waals surface area contributed by atoms with Crippen LogP contribution in [0.15, 0.2) is 6.20 Å². The lowest BCUT2D eigenvalue weighted by Crippen LogP contribution is -2.34. The Morgan fingerprint density at radius 2 is 2.50 bits per heavy atom. The van der Waals surface area contributed by atoms with E-state index in [0.29, 0.717) is 6.54 Å². The third-order valence-electron chi connectivity index (χ3n) is 1.90. The molecule has 0 aliphatic rings. The number of rotatable bonds is 5. The molecule has 1 heterocycles. The van der Waals surface area contributed by atoms with Crippen LogP contribution in [0, 0.1) is 19.3 Å². The Morgan fingerprint density at radius 3 is 3.06 bits per heavy atom. The lowest BCUT2D eigenvalue weighted by Gasteiger charge is -2.14. The number of thiazole rings is 1. The molecule has 0 spiro atoms. The van der Waals surface area contributed by atoms with E-state index in [2.05, 4.69) is 16.2 Å². The fourth-order valence-corrected chi connectivity index (χ4v) is 2.13. The zero-order chi connectivity index (χ0) is 12.0. The maximum atomic E-state index is 11.3. The molecule has 5 heteroatoms. The summed E-state index contributed by atoms with van der Waals surface area (Å²) in [5.41, 5.74) is 0. The molecule has 0 fully saturated rings. The number of nitrogens with zero attached hydrogens (tertiary/aromatic N) is 2. The van der Waals surface area contributed by atoms with Gasteiger partial charge in [0.15, 0.2) is 0 Å². The van der Waals surface area contributed by atoms with Crippen molar-refractivity contribution in [2.45, 2.75) is 13.5 Å². The van der Waals surface area contributed by atoms with Crippen molar-refractivity contribution in [2.24, 2.45) is 0 Å². The van der Waals surface area contributed by atoms with E-state index in [1.54, 1.807) is 11.3 Å². The Labute approximate surface area is 99.7 Å². The van der Waals surface area contributed by atoms with Crippen molar-refractivity contribution in [2.75, 3.05) is 20.1 Å². The molecular formula is C11H15N3OS. The molecule has 0 atom stereocenters. The van der Waals surface area contributed by atoms with E-state index in [1.165, 1.54) is 0 Å². The Balaban J connectivity index is 2.33. The van der Waals surface area contributed by atoms with Gasteiger partial charge in [0.05, 0.1) is 18.1 Å². The maximum absolute atomic E-state index is 11.3. The molecule has 0 bridgehead atoms. The normalized spacial score (nSPS) is 10.1. The van der Waals surface area contributed by atoms with Gasteiger partial charge in [0, 0.05) is 17.6 Å². The van der Waals surface area contributed by atoms with Crippen molar-refractivity contribution in [3.05, 3.63) is 16.1 Å². The lowest BCUT2D eigenvalue weighted by atomic mass is 10.4.